The molecule has 0 spiro atoms. The molecule has 1 aromatic rings. The Balaban J connectivity index is 2.44. The van der Waals surface area contributed by atoms with Crippen molar-refractivity contribution in [2.45, 2.75) is 58.2 Å². The van der Waals surface area contributed by atoms with Crippen molar-refractivity contribution in [3.8, 4) is 0 Å². The highest BCUT2D eigenvalue weighted by Crippen LogP contribution is 2.31. The largest absolute Gasteiger partial charge is 0.340 e. The van der Waals surface area contributed by atoms with Gasteiger partial charge in [-0.15, -0.1) is 0 Å². The maximum absolute atomic E-state index is 12.8. The van der Waals surface area contributed by atoms with E-state index in [0.29, 0.717) is 0 Å². The first-order chi connectivity index (χ1) is 9.88. The zero-order valence-corrected chi connectivity index (χ0v) is 13.2. The molecule has 0 bridgehead atoms. The average molecular weight is 288 g/mol. The molecule has 2 amide bonds. The van der Waals surface area contributed by atoms with Gasteiger partial charge in [0.2, 0.25) is 11.8 Å². The summed E-state index contributed by atoms with van der Waals surface area (Å²) in [7, 11) is 0. The molecule has 4 nitrogen and oxygen atoms in total. The SMILES string of the molecule is CCCC(C)N1C(=O)C(C)(C)NC(=O)C1c1ccccc1. The number of amides is 2. The second-order valence-electron chi connectivity index (χ2n) is 6.28. The van der Waals surface area contributed by atoms with Gasteiger partial charge in [0.25, 0.3) is 0 Å². The lowest BCUT2D eigenvalue weighted by molar-refractivity contribution is -0.156. The van der Waals surface area contributed by atoms with E-state index in [0.717, 1.165) is 18.4 Å². The Morgan fingerprint density at radius 2 is 1.86 bits per heavy atom. The van der Waals surface area contributed by atoms with Crippen molar-refractivity contribution in [2.75, 3.05) is 0 Å². The molecule has 1 aliphatic rings. The molecule has 1 fully saturated rings. The molecule has 0 saturated carbocycles. The van der Waals surface area contributed by atoms with Gasteiger partial charge in [-0.1, -0.05) is 43.7 Å². The Kier molecular flexibility index (Phi) is 4.35. The molecular weight excluding hydrogens is 264 g/mol. The first-order valence-electron chi connectivity index (χ1n) is 7.58. The van der Waals surface area contributed by atoms with Crippen LogP contribution in [0.4, 0.5) is 0 Å². The molecule has 2 unspecified atom stereocenters. The monoisotopic (exact) mass is 288 g/mol. The summed E-state index contributed by atoms with van der Waals surface area (Å²) in [5.74, 6) is -0.120. The van der Waals surface area contributed by atoms with Crippen LogP contribution >= 0.6 is 0 Å². The van der Waals surface area contributed by atoms with E-state index in [1.165, 1.54) is 0 Å². The molecule has 0 radical (unpaired) electrons. The molecule has 0 aliphatic carbocycles. The predicted molar refractivity (Wildman–Crippen MR) is 82.6 cm³/mol. The van der Waals surface area contributed by atoms with Crippen molar-refractivity contribution in [3.63, 3.8) is 0 Å². The Morgan fingerprint density at radius 3 is 2.43 bits per heavy atom. The van der Waals surface area contributed by atoms with Gasteiger partial charge in [-0.2, -0.15) is 0 Å². The van der Waals surface area contributed by atoms with Gasteiger partial charge >= 0.3 is 0 Å². The van der Waals surface area contributed by atoms with E-state index >= 15 is 0 Å². The molecule has 1 saturated heterocycles. The average Bonchev–Trinajstić information content (AvgIpc) is 2.43. The van der Waals surface area contributed by atoms with E-state index in [1.807, 2.05) is 37.3 Å². The van der Waals surface area contributed by atoms with Crippen molar-refractivity contribution in [2.24, 2.45) is 0 Å². The smallest absolute Gasteiger partial charge is 0.248 e. The summed E-state index contributed by atoms with van der Waals surface area (Å²) >= 11 is 0. The minimum atomic E-state index is -0.843. The van der Waals surface area contributed by atoms with Gasteiger partial charge < -0.3 is 10.2 Å². The Morgan fingerprint density at radius 1 is 1.24 bits per heavy atom. The second kappa shape index (κ2) is 5.88. The van der Waals surface area contributed by atoms with Crippen molar-refractivity contribution < 1.29 is 9.59 Å². The highest BCUT2D eigenvalue weighted by Gasteiger charge is 2.47. The number of piperazine rings is 1. The summed E-state index contributed by atoms with van der Waals surface area (Å²) in [5, 5.41) is 2.85. The highest BCUT2D eigenvalue weighted by molar-refractivity contribution is 5.99. The standard InChI is InChI=1S/C17H24N2O2/c1-5-9-12(2)19-14(13-10-7-6-8-11-13)15(20)18-17(3,4)16(19)21/h6-8,10-12,14H,5,9H2,1-4H3,(H,18,20). The normalized spacial score (nSPS) is 22.9. The lowest BCUT2D eigenvalue weighted by atomic mass is 9.91. The quantitative estimate of drug-likeness (QED) is 0.926. The number of benzene rings is 1. The van der Waals surface area contributed by atoms with Crippen molar-refractivity contribution in [3.05, 3.63) is 35.9 Å². The van der Waals surface area contributed by atoms with Crippen LogP contribution in [0.2, 0.25) is 0 Å². The van der Waals surface area contributed by atoms with E-state index in [-0.39, 0.29) is 17.9 Å². The molecule has 1 aliphatic heterocycles. The Hall–Kier alpha value is -1.84. The molecule has 1 aromatic carbocycles. The number of hydrogen-bond acceptors (Lipinski definition) is 2. The highest BCUT2D eigenvalue weighted by atomic mass is 16.2. The maximum atomic E-state index is 12.8. The molecule has 2 rings (SSSR count). The fourth-order valence-corrected chi connectivity index (χ4v) is 2.95. The van der Waals surface area contributed by atoms with Gasteiger partial charge in [0.15, 0.2) is 0 Å². The van der Waals surface area contributed by atoms with E-state index in [2.05, 4.69) is 12.2 Å². The van der Waals surface area contributed by atoms with E-state index in [1.54, 1.807) is 18.7 Å². The van der Waals surface area contributed by atoms with Crippen LogP contribution in [0.25, 0.3) is 0 Å². The number of nitrogens with one attached hydrogen (secondary N) is 1. The van der Waals surface area contributed by atoms with Crippen LogP contribution in [0.15, 0.2) is 30.3 Å². The maximum Gasteiger partial charge on any atom is 0.248 e. The Labute approximate surface area is 126 Å². The van der Waals surface area contributed by atoms with Crippen molar-refractivity contribution >= 4 is 11.8 Å². The van der Waals surface area contributed by atoms with Gasteiger partial charge in [0, 0.05) is 6.04 Å². The number of hydrogen-bond donors (Lipinski definition) is 1. The van der Waals surface area contributed by atoms with Crippen LogP contribution in [0, 0.1) is 0 Å². The summed E-state index contributed by atoms with van der Waals surface area (Å²) in [6, 6.07) is 9.02. The molecule has 4 heteroatoms. The summed E-state index contributed by atoms with van der Waals surface area (Å²) in [4.78, 5) is 27.1. The van der Waals surface area contributed by atoms with Crippen LogP contribution in [0.3, 0.4) is 0 Å². The molecular formula is C17H24N2O2. The lowest BCUT2D eigenvalue weighted by Gasteiger charge is -2.45. The third-order valence-corrected chi connectivity index (χ3v) is 4.03. The fourth-order valence-electron chi connectivity index (χ4n) is 2.95. The minimum Gasteiger partial charge on any atom is -0.340 e. The van der Waals surface area contributed by atoms with E-state index in [4.69, 9.17) is 0 Å². The molecule has 1 N–H and O–H groups in total. The van der Waals surface area contributed by atoms with Crippen LogP contribution in [0.5, 0.6) is 0 Å². The number of carbonyl (C=O) groups excluding carboxylic acids is 2. The second-order valence-corrected chi connectivity index (χ2v) is 6.28. The summed E-state index contributed by atoms with van der Waals surface area (Å²) < 4.78 is 0. The zero-order chi connectivity index (χ0) is 15.6. The topological polar surface area (TPSA) is 49.4 Å². The zero-order valence-electron chi connectivity index (χ0n) is 13.2. The number of rotatable bonds is 4. The molecule has 0 aromatic heterocycles. The first-order valence-corrected chi connectivity index (χ1v) is 7.58. The molecule has 1 heterocycles. The van der Waals surface area contributed by atoms with E-state index < -0.39 is 11.6 Å². The first kappa shape index (κ1) is 15.5. The summed E-state index contributed by atoms with van der Waals surface area (Å²) in [6.45, 7) is 7.64. The van der Waals surface area contributed by atoms with E-state index in [9.17, 15) is 9.59 Å². The van der Waals surface area contributed by atoms with Crippen LogP contribution in [-0.4, -0.2) is 28.3 Å². The molecule has 21 heavy (non-hydrogen) atoms. The van der Waals surface area contributed by atoms with Gasteiger partial charge in [-0.3, -0.25) is 9.59 Å². The summed E-state index contributed by atoms with van der Waals surface area (Å²) in [5.41, 5.74) is 0.0199. The van der Waals surface area contributed by atoms with Gasteiger partial charge in [0.1, 0.15) is 11.6 Å². The van der Waals surface area contributed by atoms with Crippen LogP contribution in [0.1, 0.15) is 52.1 Å². The number of carbonyl (C=O) groups is 2. The third-order valence-electron chi connectivity index (χ3n) is 4.03. The Bertz CT molecular complexity index is 525. The molecule has 114 valence electrons. The van der Waals surface area contributed by atoms with Crippen LogP contribution < -0.4 is 5.32 Å². The fraction of sp³-hybridized carbons (Fsp3) is 0.529. The lowest BCUT2D eigenvalue weighted by Crippen LogP contribution is -2.66. The summed E-state index contributed by atoms with van der Waals surface area (Å²) in [6.07, 6.45) is 1.87. The van der Waals surface area contributed by atoms with Gasteiger partial charge in [-0.05, 0) is 32.8 Å². The van der Waals surface area contributed by atoms with Crippen LogP contribution in [-0.2, 0) is 9.59 Å². The minimum absolute atomic E-state index is 0.0168. The third kappa shape index (κ3) is 2.94. The predicted octanol–water partition coefficient (Wildman–Crippen LogP) is 2.65. The van der Waals surface area contributed by atoms with Crippen molar-refractivity contribution in [1.29, 1.82) is 0 Å². The molecule has 2 atom stereocenters. The van der Waals surface area contributed by atoms with Gasteiger partial charge in [-0.25, -0.2) is 0 Å². The number of nitrogens with zero attached hydrogens (tertiary/aromatic N) is 1. The van der Waals surface area contributed by atoms with Gasteiger partial charge in [0.05, 0.1) is 0 Å². The van der Waals surface area contributed by atoms with Crippen molar-refractivity contribution in [1.82, 2.24) is 10.2 Å².